The highest BCUT2D eigenvalue weighted by molar-refractivity contribution is 7.89. The Kier molecular flexibility index (Phi) is 13.6. The van der Waals surface area contributed by atoms with Crippen molar-refractivity contribution >= 4 is 21.9 Å². The number of hydrogen-bond acceptors (Lipinski definition) is 12. The van der Waals surface area contributed by atoms with Crippen LogP contribution in [0.3, 0.4) is 0 Å². The van der Waals surface area contributed by atoms with Crippen LogP contribution in [0, 0.1) is 0 Å². The Bertz CT molecular complexity index is 1860. The minimum Gasteiger partial charge on any atom is -0.491 e. The smallest absolute Gasteiger partial charge is 0.313 e. The number of alkyl halides is 2. The number of carboxylic acid groups (broad SMARTS) is 1. The lowest BCUT2D eigenvalue weighted by Gasteiger charge is -2.23. The van der Waals surface area contributed by atoms with Gasteiger partial charge in [-0.3, -0.25) is 14.3 Å². The van der Waals surface area contributed by atoms with Gasteiger partial charge in [0, 0.05) is 35.6 Å². The zero-order chi connectivity index (χ0) is 37.1. The number of aromatic nitrogens is 4. The van der Waals surface area contributed by atoms with Gasteiger partial charge in [-0.1, -0.05) is 36.4 Å². The number of ether oxygens (including phenoxy) is 2. The summed E-state index contributed by atoms with van der Waals surface area (Å²) in [7, 11) is -4.15. The number of nitrogens with zero attached hydrogens (tertiary/aromatic N) is 5. The van der Waals surface area contributed by atoms with E-state index >= 15 is 0 Å². The number of aliphatic hydroxyl groups excluding tert-OH is 4. The number of aliphatic carboxylic acids is 1. The van der Waals surface area contributed by atoms with Gasteiger partial charge >= 0.3 is 5.97 Å². The molecule has 1 amide bonds. The maximum Gasteiger partial charge on any atom is 0.313 e. The minimum atomic E-state index is -4.15. The predicted molar refractivity (Wildman–Crippen MR) is 173 cm³/mol. The van der Waals surface area contributed by atoms with E-state index in [4.69, 9.17) is 29.9 Å². The molecular weight excluding hydrogens is 700 g/mol. The van der Waals surface area contributed by atoms with E-state index in [0.717, 1.165) is 21.2 Å². The van der Waals surface area contributed by atoms with Gasteiger partial charge in [0.2, 0.25) is 5.91 Å². The maximum absolute atomic E-state index is 13.2. The Balaban J connectivity index is 0.000000306. The first-order chi connectivity index (χ1) is 24.4. The normalized spacial score (nSPS) is 13.7. The largest absolute Gasteiger partial charge is 0.491 e. The molecule has 0 radical (unpaired) electrons. The average Bonchev–Trinajstić information content (AvgIpc) is 3.85. The summed E-state index contributed by atoms with van der Waals surface area (Å²) in [5.74, 6) is -2.69. The Morgan fingerprint density at radius 2 is 1.41 bits per heavy atom. The third-order valence-electron chi connectivity index (χ3n) is 7.60. The number of carboxylic acids is 1. The van der Waals surface area contributed by atoms with Crippen molar-refractivity contribution in [3.8, 4) is 11.5 Å². The number of carbonyl (C=O) groups excluding carboxylic acids is 1. The molecule has 4 aromatic rings. The molecular formula is C32H37F2N5O11S. The molecule has 0 spiro atoms. The van der Waals surface area contributed by atoms with E-state index in [1.54, 1.807) is 48.5 Å². The van der Waals surface area contributed by atoms with Crippen LogP contribution in [-0.2, 0) is 39.2 Å². The highest BCUT2D eigenvalue weighted by atomic mass is 32.2. The van der Waals surface area contributed by atoms with Crippen molar-refractivity contribution in [1.82, 2.24) is 23.9 Å². The third kappa shape index (κ3) is 9.44. The Morgan fingerprint density at radius 1 is 0.843 bits per heavy atom. The van der Waals surface area contributed by atoms with E-state index in [-0.39, 0.29) is 44.4 Å². The third-order valence-corrected chi connectivity index (χ3v) is 9.08. The SMILES string of the molecule is O=C(C(CO)c1ccccc1OCCO)N1Cc2cn(S(=O)(=O)c3cnn(CC(F)F)c3)nc2C1.O=C(O)C(CO)c1ccccc1OCCO. The Morgan fingerprint density at radius 3 is 1.92 bits per heavy atom. The first-order valence-electron chi connectivity index (χ1n) is 15.5. The summed E-state index contributed by atoms with van der Waals surface area (Å²) in [5.41, 5.74) is 1.74. The monoisotopic (exact) mass is 737 g/mol. The molecule has 0 saturated heterocycles. The van der Waals surface area contributed by atoms with Gasteiger partial charge in [-0.15, -0.1) is 0 Å². The van der Waals surface area contributed by atoms with Crippen LogP contribution in [0.4, 0.5) is 8.78 Å². The van der Waals surface area contributed by atoms with Gasteiger partial charge in [-0.25, -0.2) is 8.78 Å². The molecule has 3 heterocycles. The van der Waals surface area contributed by atoms with Crippen LogP contribution in [0.1, 0.15) is 34.2 Å². The molecule has 5 N–H and O–H groups in total. The second-order valence-corrected chi connectivity index (χ2v) is 12.8. The van der Waals surface area contributed by atoms with Gasteiger partial charge < -0.3 is 39.9 Å². The molecule has 1 aliphatic heterocycles. The summed E-state index contributed by atoms with van der Waals surface area (Å²) in [4.78, 5) is 25.2. The number of carbonyl (C=O) groups is 2. The van der Waals surface area contributed by atoms with Crippen LogP contribution in [-0.4, -0.2) is 116 Å². The average molecular weight is 738 g/mol. The summed E-state index contributed by atoms with van der Waals surface area (Å²) in [6, 6.07) is 13.3. The fourth-order valence-corrected chi connectivity index (χ4v) is 6.31. The van der Waals surface area contributed by atoms with Crippen LogP contribution in [0.2, 0.25) is 0 Å². The van der Waals surface area contributed by atoms with Crippen molar-refractivity contribution in [2.45, 2.75) is 42.8 Å². The molecule has 0 fully saturated rings. The highest BCUT2D eigenvalue weighted by Crippen LogP contribution is 2.32. The van der Waals surface area contributed by atoms with Crippen LogP contribution in [0.15, 0.2) is 72.0 Å². The van der Waals surface area contributed by atoms with Gasteiger partial charge in [0.15, 0.2) is 0 Å². The van der Waals surface area contributed by atoms with Crippen molar-refractivity contribution in [3.63, 3.8) is 0 Å². The molecule has 2 aromatic heterocycles. The van der Waals surface area contributed by atoms with Gasteiger partial charge in [-0.2, -0.15) is 22.7 Å². The van der Waals surface area contributed by atoms with Crippen LogP contribution in [0.5, 0.6) is 11.5 Å². The summed E-state index contributed by atoms with van der Waals surface area (Å²) < 4.78 is 63.0. The Hall–Kier alpha value is -4.95. The summed E-state index contributed by atoms with van der Waals surface area (Å²) in [6.07, 6.45) is 0.571. The summed E-state index contributed by atoms with van der Waals surface area (Å²) >= 11 is 0. The van der Waals surface area contributed by atoms with Gasteiger partial charge in [0.25, 0.3) is 16.4 Å². The minimum absolute atomic E-state index is 0.0253. The van der Waals surface area contributed by atoms with Gasteiger partial charge in [-0.05, 0) is 12.1 Å². The van der Waals surface area contributed by atoms with E-state index < -0.39 is 59.9 Å². The van der Waals surface area contributed by atoms with Crippen LogP contribution in [0.25, 0.3) is 0 Å². The van der Waals surface area contributed by atoms with E-state index in [1.807, 2.05) is 0 Å². The zero-order valence-electron chi connectivity index (χ0n) is 27.0. The number of fused-ring (bicyclic) bond motifs is 1. The first kappa shape index (κ1) is 38.8. The molecule has 2 aromatic carbocycles. The lowest BCUT2D eigenvalue weighted by atomic mass is 9.97. The predicted octanol–water partition coefficient (Wildman–Crippen LogP) is 0.789. The van der Waals surface area contributed by atoms with E-state index in [9.17, 15) is 31.9 Å². The molecule has 276 valence electrons. The molecule has 19 heteroatoms. The lowest BCUT2D eigenvalue weighted by Crippen LogP contribution is -2.33. The van der Waals surface area contributed by atoms with E-state index in [1.165, 1.54) is 11.1 Å². The number of para-hydroxylation sites is 2. The number of halogens is 2. The summed E-state index contributed by atoms with van der Waals surface area (Å²) in [5, 5.41) is 53.3. The van der Waals surface area contributed by atoms with Crippen molar-refractivity contribution in [2.75, 3.05) is 39.6 Å². The molecule has 5 rings (SSSR count). The van der Waals surface area contributed by atoms with Gasteiger partial charge in [0.05, 0.1) is 50.8 Å². The number of rotatable bonds is 16. The molecule has 16 nitrogen and oxygen atoms in total. The lowest BCUT2D eigenvalue weighted by molar-refractivity contribution is -0.139. The van der Waals surface area contributed by atoms with Crippen molar-refractivity contribution in [2.24, 2.45) is 0 Å². The Labute approximate surface area is 290 Å². The molecule has 0 saturated carbocycles. The number of hydrogen-bond donors (Lipinski definition) is 5. The number of benzene rings is 2. The number of amides is 1. The standard InChI is InChI=1S/C21H23F2N5O6S.C11H14O5/c22-20(23)12-27-10-15(7-24-27)35(32,33)28-9-14-8-26(11-18(14)25-28)21(31)17(13-30)16-3-1-2-4-19(16)34-6-5-29;12-5-6-16-10-4-2-1-3-8(10)9(7-13)11(14)15/h1-4,7,9-10,17,20,29-30H,5-6,8,11-13H2;1-4,9,12-13H,5-7H2,(H,14,15). The fraction of sp³-hybridized carbons (Fsp3) is 0.375. The fourth-order valence-electron chi connectivity index (χ4n) is 5.18. The zero-order valence-corrected chi connectivity index (χ0v) is 27.8. The highest BCUT2D eigenvalue weighted by Gasteiger charge is 2.34. The molecule has 2 atom stereocenters. The van der Waals surface area contributed by atoms with E-state index in [0.29, 0.717) is 33.9 Å². The van der Waals surface area contributed by atoms with Crippen molar-refractivity contribution in [3.05, 3.63) is 89.5 Å². The molecule has 2 unspecified atom stereocenters. The van der Waals surface area contributed by atoms with Crippen molar-refractivity contribution in [1.29, 1.82) is 0 Å². The molecule has 51 heavy (non-hydrogen) atoms. The maximum atomic E-state index is 13.2. The molecule has 1 aliphatic rings. The first-order valence-corrected chi connectivity index (χ1v) is 16.9. The molecule has 0 aliphatic carbocycles. The van der Waals surface area contributed by atoms with Crippen LogP contribution >= 0.6 is 0 Å². The van der Waals surface area contributed by atoms with Crippen molar-refractivity contribution < 1.29 is 61.8 Å². The van der Waals surface area contributed by atoms with E-state index in [2.05, 4.69) is 10.2 Å². The van der Waals surface area contributed by atoms with Gasteiger partial charge in [0.1, 0.15) is 42.1 Å². The second-order valence-electron chi connectivity index (χ2n) is 11.0. The second kappa shape index (κ2) is 17.8. The quantitative estimate of drug-likeness (QED) is 0.107. The number of aliphatic hydroxyl groups is 4. The molecule has 0 bridgehead atoms. The summed E-state index contributed by atoms with van der Waals surface area (Å²) in [6.45, 7) is -1.84. The topological polar surface area (TPSA) is 227 Å². The van der Waals surface area contributed by atoms with Crippen LogP contribution < -0.4 is 9.47 Å².